The summed E-state index contributed by atoms with van der Waals surface area (Å²) < 4.78 is 13.2. The molecule has 10 nitrogen and oxygen atoms in total. The standard InChI is InChI=1S/C28H38N6O4/c1-18-29-24(38-32-18)28(8,26(2,3)4)31-23(35)21-20-17-33(25(36)37-27(5,6)7)15-12-16-34(20)22(30-21)19-13-10-9-11-14-19/h9-11,13-14H,12,15-17H2,1-8H3,(H,31,35)/t28-/m0/s1. The zero-order chi connectivity index (χ0) is 27.9. The van der Waals surface area contributed by atoms with Crippen LogP contribution < -0.4 is 5.32 Å². The molecule has 0 spiro atoms. The summed E-state index contributed by atoms with van der Waals surface area (Å²) in [5, 5.41) is 7.10. The van der Waals surface area contributed by atoms with Gasteiger partial charge in [-0.1, -0.05) is 56.3 Å². The van der Waals surface area contributed by atoms with Crippen molar-refractivity contribution in [1.29, 1.82) is 0 Å². The molecule has 1 N–H and O–H groups in total. The van der Waals surface area contributed by atoms with Gasteiger partial charge in [0.2, 0.25) is 0 Å². The lowest BCUT2D eigenvalue weighted by atomic mass is 9.74. The molecule has 0 saturated carbocycles. The largest absolute Gasteiger partial charge is 0.444 e. The van der Waals surface area contributed by atoms with Gasteiger partial charge in [0.15, 0.2) is 11.5 Å². The second kappa shape index (κ2) is 9.89. The number of imidazole rings is 1. The van der Waals surface area contributed by atoms with Gasteiger partial charge in [-0.2, -0.15) is 4.98 Å². The normalized spacial score (nSPS) is 15.8. The predicted octanol–water partition coefficient (Wildman–Crippen LogP) is 5.07. The van der Waals surface area contributed by atoms with Crippen molar-refractivity contribution < 1.29 is 18.8 Å². The average molecular weight is 523 g/mol. The summed E-state index contributed by atoms with van der Waals surface area (Å²) in [6.07, 6.45) is 0.283. The van der Waals surface area contributed by atoms with Gasteiger partial charge in [0, 0.05) is 18.7 Å². The molecular weight excluding hydrogens is 484 g/mol. The number of hydrogen-bond donors (Lipinski definition) is 1. The number of carbonyl (C=O) groups is 2. The minimum Gasteiger partial charge on any atom is -0.444 e. The van der Waals surface area contributed by atoms with E-state index in [0.29, 0.717) is 42.7 Å². The summed E-state index contributed by atoms with van der Waals surface area (Å²) >= 11 is 0. The lowest BCUT2D eigenvalue weighted by molar-refractivity contribution is 0.0235. The molecule has 2 amide bonds. The Balaban J connectivity index is 1.78. The Morgan fingerprint density at radius 3 is 2.26 bits per heavy atom. The van der Waals surface area contributed by atoms with Crippen LogP contribution in [-0.2, 0) is 23.4 Å². The Hall–Kier alpha value is -3.69. The van der Waals surface area contributed by atoms with E-state index >= 15 is 0 Å². The van der Waals surface area contributed by atoms with Crippen molar-refractivity contribution >= 4 is 12.0 Å². The van der Waals surface area contributed by atoms with Crippen LogP contribution in [0.15, 0.2) is 34.9 Å². The van der Waals surface area contributed by atoms with E-state index < -0.39 is 22.6 Å². The van der Waals surface area contributed by atoms with E-state index in [0.717, 1.165) is 5.56 Å². The van der Waals surface area contributed by atoms with E-state index in [2.05, 4.69) is 15.5 Å². The lowest BCUT2D eigenvalue weighted by Crippen LogP contribution is -2.52. The highest BCUT2D eigenvalue weighted by Gasteiger charge is 2.46. The van der Waals surface area contributed by atoms with Gasteiger partial charge in [-0.15, -0.1) is 0 Å². The van der Waals surface area contributed by atoms with Gasteiger partial charge in [-0.3, -0.25) is 4.79 Å². The molecule has 0 aliphatic carbocycles. The molecule has 4 rings (SSSR count). The smallest absolute Gasteiger partial charge is 0.410 e. The molecule has 1 aliphatic rings. The van der Waals surface area contributed by atoms with Gasteiger partial charge in [-0.25, -0.2) is 9.78 Å². The van der Waals surface area contributed by atoms with Crippen molar-refractivity contribution in [2.45, 2.75) is 86.0 Å². The molecule has 204 valence electrons. The minimum absolute atomic E-state index is 0.198. The lowest BCUT2D eigenvalue weighted by Gasteiger charge is -2.39. The van der Waals surface area contributed by atoms with Gasteiger partial charge in [0.25, 0.3) is 11.8 Å². The molecule has 3 aromatic rings. The maximum absolute atomic E-state index is 14.0. The highest BCUT2D eigenvalue weighted by atomic mass is 16.6. The number of fused-ring (bicyclic) bond motifs is 1. The zero-order valence-corrected chi connectivity index (χ0v) is 23.6. The summed E-state index contributed by atoms with van der Waals surface area (Å²) in [5.41, 5.74) is -0.276. The van der Waals surface area contributed by atoms with Gasteiger partial charge >= 0.3 is 6.09 Å². The number of ether oxygens (including phenoxy) is 1. The van der Waals surface area contributed by atoms with Gasteiger partial charge in [-0.05, 0) is 46.5 Å². The maximum Gasteiger partial charge on any atom is 0.410 e. The maximum atomic E-state index is 14.0. The van der Waals surface area contributed by atoms with E-state index in [4.69, 9.17) is 14.2 Å². The van der Waals surface area contributed by atoms with Crippen LogP contribution in [0, 0.1) is 12.3 Å². The second-order valence-electron chi connectivity index (χ2n) is 12.0. The number of benzene rings is 1. The van der Waals surface area contributed by atoms with Crippen LogP contribution in [0.3, 0.4) is 0 Å². The summed E-state index contributed by atoms with van der Waals surface area (Å²) in [4.78, 5) is 38.0. The first-order chi connectivity index (χ1) is 17.7. The molecule has 1 atom stereocenters. The number of carbonyl (C=O) groups excluding carboxylic acids is 2. The Morgan fingerprint density at radius 1 is 1.00 bits per heavy atom. The number of hydrogen-bond acceptors (Lipinski definition) is 7. The van der Waals surface area contributed by atoms with E-state index in [1.807, 2.05) is 83.4 Å². The fraction of sp³-hybridized carbons (Fsp3) is 0.536. The first kappa shape index (κ1) is 27.3. The third-order valence-corrected chi connectivity index (χ3v) is 6.94. The number of nitrogens with one attached hydrogen (secondary N) is 1. The summed E-state index contributed by atoms with van der Waals surface area (Å²) in [5.74, 6) is 1.11. The topological polar surface area (TPSA) is 115 Å². The number of rotatable bonds is 4. The molecule has 2 aromatic heterocycles. The molecule has 10 heteroatoms. The fourth-order valence-electron chi connectivity index (χ4n) is 4.39. The number of aryl methyl sites for hydroxylation is 1. The van der Waals surface area contributed by atoms with Crippen LogP contribution in [0.1, 0.15) is 82.8 Å². The van der Waals surface area contributed by atoms with Crippen molar-refractivity contribution in [2.24, 2.45) is 5.41 Å². The van der Waals surface area contributed by atoms with Crippen LogP contribution in [0.4, 0.5) is 4.79 Å². The highest BCUT2D eigenvalue weighted by Crippen LogP contribution is 2.39. The third-order valence-electron chi connectivity index (χ3n) is 6.94. The monoisotopic (exact) mass is 522 g/mol. The predicted molar refractivity (Wildman–Crippen MR) is 142 cm³/mol. The average Bonchev–Trinajstić information content (AvgIpc) is 3.34. The van der Waals surface area contributed by atoms with Crippen molar-refractivity contribution in [3.05, 3.63) is 53.4 Å². The van der Waals surface area contributed by atoms with Crippen LogP contribution in [-0.4, -0.2) is 48.7 Å². The third kappa shape index (κ3) is 5.44. The Morgan fingerprint density at radius 2 is 1.68 bits per heavy atom. The molecule has 0 saturated heterocycles. The molecule has 0 unspecified atom stereocenters. The number of aromatic nitrogens is 4. The molecule has 3 heterocycles. The van der Waals surface area contributed by atoms with Crippen LogP contribution in [0.5, 0.6) is 0 Å². The minimum atomic E-state index is -0.982. The molecule has 1 aromatic carbocycles. The van der Waals surface area contributed by atoms with E-state index in [-0.39, 0.29) is 18.1 Å². The van der Waals surface area contributed by atoms with Gasteiger partial charge < -0.3 is 24.0 Å². The van der Waals surface area contributed by atoms with Crippen LogP contribution >= 0.6 is 0 Å². The van der Waals surface area contributed by atoms with E-state index in [9.17, 15) is 9.59 Å². The van der Waals surface area contributed by atoms with Crippen molar-refractivity contribution in [1.82, 2.24) is 29.9 Å². The second-order valence-corrected chi connectivity index (χ2v) is 12.0. The van der Waals surface area contributed by atoms with Crippen molar-refractivity contribution in [2.75, 3.05) is 6.54 Å². The van der Waals surface area contributed by atoms with Gasteiger partial charge in [0.05, 0.1) is 12.2 Å². The quantitative estimate of drug-likeness (QED) is 0.508. The molecule has 0 fully saturated rings. The molecule has 0 bridgehead atoms. The Labute approximate surface area is 223 Å². The van der Waals surface area contributed by atoms with Gasteiger partial charge in [0.1, 0.15) is 17.0 Å². The Kier molecular flexibility index (Phi) is 7.11. The first-order valence-electron chi connectivity index (χ1n) is 13.0. The fourth-order valence-corrected chi connectivity index (χ4v) is 4.39. The Bertz CT molecular complexity index is 1320. The zero-order valence-electron chi connectivity index (χ0n) is 23.6. The summed E-state index contributed by atoms with van der Waals surface area (Å²) in [7, 11) is 0. The van der Waals surface area contributed by atoms with Crippen molar-refractivity contribution in [3.63, 3.8) is 0 Å². The van der Waals surface area contributed by atoms with Crippen LogP contribution in [0.2, 0.25) is 0 Å². The summed E-state index contributed by atoms with van der Waals surface area (Å²) in [6.45, 7) is 16.4. The van der Waals surface area contributed by atoms with Crippen LogP contribution in [0.25, 0.3) is 11.4 Å². The molecule has 38 heavy (non-hydrogen) atoms. The first-order valence-corrected chi connectivity index (χ1v) is 13.0. The molecule has 0 radical (unpaired) electrons. The van der Waals surface area contributed by atoms with Crippen molar-refractivity contribution in [3.8, 4) is 11.4 Å². The summed E-state index contributed by atoms with van der Waals surface area (Å²) in [6, 6.07) is 9.75. The SMILES string of the molecule is Cc1noc([C@](C)(NC(=O)c2nc(-c3ccccc3)n3c2CN(C(=O)OC(C)(C)C)CCC3)C(C)(C)C)n1. The van der Waals surface area contributed by atoms with E-state index in [1.54, 1.807) is 11.8 Å². The molecule has 1 aliphatic heterocycles. The number of amides is 2. The van der Waals surface area contributed by atoms with E-state index in [1.165, 1.54) is 0 Å². The number of nitrogens with zero attached hydrogens (tertiary/aromatic N) is 5. The highest BCUT2D eigenvalue weighted by molar-refractivity contribution is 5.95. The molecular formula is C28H38N6O4.